The largest absolute Gasteiger partial charge is 0.330 e. The van der Waals surface area contributed by atoms with Crippen molar-refractivity contribution in [3.05, 3.63) is 0 Å². The predicted octanol–water partition coefficient (Wildman–Crippen LogP) is 3.44. The van der Waals surface area contributed by atoms with Gasteiger partial charge in [0, 0.05) is 0 Å². The van der Waals surface area contributed by atoms with Crippen LogP contribution in [0.1, 0.15) is 39.5 Å². The molecule has 0 aromatic heterocycles. The van der Waals surface area contributed by atoms with E-state index in [4.69, 9.17) is 9.05 Å². The summed E-state index contributed by atoms with van der Waals surface area (Å²) in [5, 5.41) is 0. The molecular weight excluding hydrogens is 199 g/mol. The lowest BCUT2D eigenvalue weighted by molar-refractivity contribution is 0.219. The van der Waals surface area contributed by atoms with Crippen LogP contribution < -0.4 is 0 Å². The van der Waals surface area contributed by atoms with E-state index in [0.29, 0.717) is 19.4 Å². The third kappa shape index (κ3) is 4.59. The van der Waals surface area contributed by atoms with Gasteiger partial charge in [0.2, 0.25) is 0 Å². The second-order valence-electron chi connectivity index (χ2n) is 3.76. The normalized spacial score (nSPS) is 17.3. The van der Waals surface area contributed by atoms with E-state index in [1.165, 1.54) is 19.3 Å². The Labute approximate surface area is 86.7 Å². The summed E-state index contributed by atoms with van der Waals surface area (Å²) in [4.78, 5) is 0. The molecule has 0 saturated heterocycles. The van der Waals surface area contributed by atoms with Gasteiger partial charge in [0.1, 0.15) is 0 Å². The minimum absolute atomic E-state index is 0.473. The van der Waals surface area contributed by atoms with Crippen LogP contribution in [0.3, 0.4) is 0 Å². The van der Waals surface area contributed by atoms with E-state index >= 15 is 0 Å². The molecule has 84 valence electrons. The van der Waals surface area contributed by atoms with Crippen LogP contribution in [-0.2, 0) is 13.6 Å². The molecule has 0 spiro atoms. The Hall–Kier alpha value is 0.150. The van der Waals surface area contributed by atoms with Gasteiger partial charge in [-0.05, 0) is 32.6 Å². The molecule has 0 aromatic carbocycles. The van der Waals surface area contributed by atoms with Gasteiger partial charge in [0.25, 0.3) is 0 Å². The number of rotatable bonds is 8. The van der Waals surface area contributed by atoms with Gasteiger partial charge >= 0.3 is 7.60 Å². The topological polar surface area (TPSA) is 35.5 Å². The standard InChI is InChI=1S/C10H21O3P/c1-3-12-14(11,13-4-2)9-5-6-10-7-8-10/h10H,3-9H2,1-2H3. The van der Waals surface area contributed by atoms with E-state index in [9.17, 15) is 4.57 Å². The minimum Gasteiger partial charge on any atom is -0.309 e. The van der Waals surface area contributed by atoms with Crippen molar-refractivity contribution in [1.29, 1.82) is 0 Å². The van der Waals surface area contributed by atoms with E-state index in [-0.39, 0.29) is 0 Å². The Morgan fingerprint density at radius 3 is 2.21 bits per heavy atom. The molecule has 1 aliphatic carbocycles. The maximum Gasteiger partial charge on any atom is 0.330 e. The fraction of sp³-hybridized carbons (Fsp3) is 1.00. The summed E-state index contributed by atoms with van der Waals surface area (Å²) in [7, 11) is -2.75. The summed E-state index contributed by atoms with van der Waals surface area (Å²) in [5.74, 6) is 0.895. The first-order chi connectivity index (χ1) is 6.70. The molecule has 0 N–H and O–H groups in total. The van der Waals surface area contributed by atoms with Crippen molar-refractivity contribution in [2.45, 2.75) is 39.5 Å². The third-order valence-electron chi connectivity index (χ3n) is 2.39. The molecule has 14 heavy (non-hydrogen) atoms. The van der Waals surface area contributed by atoms with Crippen molar-refractivity contribution in [3.63, 3.8) is 0 Å². The Balaban J connectivity index is 2.21. The molecule has 0 heterocycles. The zero-order valence-corrected chi connectivity index (χ0v) is 10.1. The fourth-order valence-corrected chi connectivity index (χ4v) is 3.23. The minimum atomic E-state index is -2.75. The van der Waals surface area contributed by atoms with Crippen molar-refractivity contribution in [2.75, 3.05) is 19.4 Å². The molecule has 1 saturated carbocycles. The molecule has 1 rings (SSSR count). The maximum atomic E-state index is 12.0. The summed E-state index contributed by atoms with van der Waals surface area (Å²) in [6.45, 7) is 4.65. The van der Waals surface area contributed by atoms with Crippen LogP contribution >= 0.6 is 7.60 Å². The van der Waals surface area contributed by atoms with E-state index in [1.807, 2.05) is 13.8 Å². The highest BCUT2D eigenvalue weighted by atomic mass is 31.2. The van der Waals surface area contributed by atoms with Crippen LogP contribution in [0.4, 0.5) is 0 Å². The maximum absolute atomic E-state index is 12.0. The Bertz CT molecular complexity index is 192. The summed E-state index contributed by atoms with van der Waals surface area (Å²) in [6.07, 6.45) is 5.46. The molecule has 0 bridgehead atoms. The Kier molecular flexibility index (Phi) is 5.14. The van der Waals surface area contributed by atoms with Crippen LogP contribution in [0.15, 0.2) is 0 Å². The van der Waals surface area contributed by atoms with Gasteiger partial charge in [-0.2, -0.15) is 0 Å². The summed E-state index contributed by atoms with van der Waals surface area (Å²) in [5.41, 5.74) is 0. The Morgan fingerprint density at radius 2 is 1.79 bits per heavy atom. The molecule has 0 radical (unpaired) electrons. The highest BCUT2D eigenvalue weighted by Gasteiger charge is 2.26. The molecule has 4 heteroatoms. The quantitative estimate of drug-likeness (QED) is 0.588. The van der Waals surface area contributed by atoms with E-state index in [2.05, 4.69) is 0 Å². The van der Waals surface area contributed by atoms with Crippen LogP contribution in [0.5, 0.6) is 0 Å². The van der Waals surface area contributed by atoms with Gasteiger partial charge in [0.15, 0.2) is 0 Å². The first kappa shape index (κ1) is 12.2. The lowest BCUT2D eigenvalue weighted by Crippen LogP contribution is -2.00. The van der Waals surface area contributed by atoms with E-state index in [1.54, 1.807) is 0 Å². The van der Waals surface area contributed by atoms with Gasteiger partial charge in [0.05, 0.1) is 19.4 Å². The molecule has 1 fully saturated rings. The number of hydrogen-bond donors (Lipinski definition) is 0. The van der Waals surface area contributed by atoms with Gasteiger partial charge in [-0.15, -0.1) is 0 Å². The van der Waals surface area contributed by atoms with Gasteiger partial charge < -0.3 is 9.05 Å². The molecule has 0 amide bonds. The average Bonchev–Trinajstić information content (AvgIpc) is 2.89. The number of hydrogen-bond acceptors (Lipinski definition) is 3. The van der Waals surface area contributed by atoms with Crippen LogP contribution in [0.2, 0.25) is 0 Å². The highest BCUT2D eigenvalue weighted by molar-refractivity contribution is 7.53. The molecule has 3 nitrogen and oxygen atoms in total. The predicted molar refractivity (Wildman–Crippen MR) is 57.7 cm³/mol. The molecule has 0 atom stereocenters. The van der Waals surface area contributed by atoms with Crippen LogP contribution in [-0.4, -0.2) is 19.4 Å². The Morgan fingerprint density at radius 1 is 1.21 bits per heavy atom. The van der Waals surface area contributed by atoms with Crippen molar-refractivity contribution in [1.82, 2.24) is 0 Å². The van der Waals surface area contributed by atoms with Crippen molar-refractivity contribution in [2.24, 2.45) is 5.92 Å². The molecule has 0 aromatic rings. The van der Waals surface area contributed by atoms with Crippen LogP contribution in [0, 0.1) is 5.92 Å². The SMILES string of the molecule is CCOP(=O)(CCCC1CC1)OCC. The summed E-state index contributed by atoms with van der Waals surface area (Å²) >= 11 is 0. The van der Waals surface area contributed by atoms with Crippen LogP contribution in [0.25, 0.3) is 0 Å². The van der Waals surface area contributed by atoms with Gasteiger partial charge in [-0.25, -0.2) is 0 Å². The third-order valence-corrected chi connectivity index (χ3v) is 4.56. The molecule has 1 aliphatic rings. The summed E-state index contributed by atoms with van der Waals surface area (Å²) < 4.78 is 22.4. The molecular formula is C10H21O3P. The fourth-order valence-electron chi connectivity index (χ4n) is 1.54. The lowest BCUT2D eigenvalue weighted by Gasteiger charge is -2.16. The monoisotopic (exact) mass is 220 g/mol. The molecule has 0 unspecified atom stereocenters. The summed E-state index contributed by atoms with van der Waals surface area (Å²) in [6, 6.07) is 0. The van der Waals surface area contributed by atoms with E-state index in [0.717, 1.165) is 12.3 Å². The second-order valence-corrected chi connectivity index (χ2v) is 5.94. The zero-order chi connectivity index (χ0) is 10.4. The van der Waals surface area contributed by atoms with Crippen molar-refractivity contribution in [3.8, 4) is 0 Å². The van der Waals surface area contributed by atoms with Gasteiger partial charge in [-0.1, -0.05) is 12.8 Å². The highest BCUT2D eigenvalue weighted by Crippen LogP contribution is 2.49. The van der Waals surface area contributed by atoms with Crippen molar-refractivity contribution < 1.29 is 13.6 Å². The first-order valence-corrected chi connectivity index (χ1v) is 7.31. The van der Waals surface area contributed by atoms with E-state index < -0.39 is 7.60 Å². The smallest absolute Gasteiger partial charge is 0.309 e. The molecule has 0 aliphatic heterocycles. The van der Waals surface area contributed by atoms with Crippen molar-refractivity contribution >= 4 is 7.60 Å². The van der Waals surface area contributed by atoms with Gasteiger partial charge in [-0.3, -0.25) is 4.57 Å². The zero-order valence-electron chi connectivity index (χ0n) is 9.20. The second kappa shape index (κ2) is 5.89. The average molecular weight is 220 g/mol. The first-order valence-electron chi connectivity index (χ1n) is 5.58. The lowest BCUT2D eigenvalue weighted by atomic mass is 10.2.